The number of aromatic nitrogens is 2. The van der Waals surface area contributed by atoms with Gasteiger partial charge in [-0.1, -0.05) is 48.5 Å². The number of pyridine rings is 1. The van der Waals surface area contributed by atoms with E-state index in [1.807, 2.05) is 30.5 Å². The molecule has 1 amide bonds. The number of amides is 1. The van der Waals surface area contributed by atoms with Gasteiger partial charge in [0.25, 0.3) is 0 Å². The van der Waals surface area contributed by atoms with Crippen molar-refractivity contribution in [1.29, 1.82) is 0 Å². The second-order valence-corrected chi connectivity index (χ2v) is 8.16. The highest BCUT2D eigenvalue weighted by molar-refractivity contribution is 6.06. The molecule has 2 aromatic heterocycles. The lowest BCUT2D eigenvalue weighted by molar-refractivity contribution is -0.116. The van der Waals surface area contributed by atoms with Crippen LogP contribution in [-0.2, 0) is 11.3 Å². The Morgan fingerprint density at radius 1 is 0.968 bits per heavy atom. The lowest BCUT2D eigenvalue weighted by Gasteiger charge is -2.15. The number of fused-ring (bicyclic) bond motifs is 1. The highest BCUT2D eigenvalue weighted by atomic mass is 16.1. The third-order valence-electron chi connectivity index (χ3n) is 6.20. The molecule has 0 fully saturated rings. The molecule has 1 N–H and O–H groups in total. The summed E-state index contributed by atoms with van der Waals surface area (Å²) in [5, 5.41) is 5.37. The van der Waals surface area contributed by atoms with Gasteiger partial charge in [-0.25, -0.2) is 0 Å². The Kier molecular flexibility index (Phi) is 4.10. The van der Waals surface area contributed by atoms with Gasteiger partial charge in [0.05, 0.1) is 16.7 Å². The zero-order valence-corrected chi connectivity index (χ0v) is 17.0. The van der Waals surface area contributed by atoms with Gasteiger partial charge in [0.15, 0.2) is 0 Å². The third-order valence-corrected chi connectivity index (χ3v) is 6.20. The Balaban J connectivity index is 1.54. The maximum atomic E-state index is 12.8. The molecule has 0 unspecified atom stereocenters. The summed E-state index contributed by atoms with van der Waals surface area (Å²) < 4.78 is 2.30. The largest absolute Gasteiger partial charge is 0.343 e. The molecule has 3 aromatic carbocycles. The molecule has 0 bridgehead atoms. The standard InChI is InChI=1S/C27H21N3O/c31-26-15-21(19-11-12-23-20(14-19)8-5-13-28-23)22-17-30(16-18-6-2-1-3-7-18)25-10-4-9-24(29-26)27(22)25/h1-14,17,21H,15-16H2,(H,29,31)/t21-/m1/s1. The second kappa shape index (κ2) is 7.10. The van der Waals surface area contributed by atoms with Crippen molar-refractivity contribution in [2.45, 2.75) is 18.9 Å². The lowest BCUT2D eigenvalue weighted by Crippen LogP contribution is -2.14. The van der Waals surface area contributed by atoms with Crippen molar-refractivity contribution in [3.63, 3.8) is 0 Å². The highest BCUT2D eigenvalue weighted by Gasteiger charge is 2.28. The van der Waals surface area contributed by atoms with E-state index in [9.17, 15) is 4.79 Å². The van der Waals surface area contributed by atoms with Crippen molar-refractivity contribution >= 4 is 33.4 Å². The molecule has 0 spiro atoms. The molecule has 6 rings (SSSR count). The Hall–Kier alpha value is -3.92. The number of anilines is 1. The molecule has 4 nitrogen and oxygen atoms in total. The van der Waals surface area contributed by atoms with Gasteiger partial charge in [0, 0.05) is 42.0 Å². The van der Waals surface area contributed by atoms with Crippen LogP contribution in [0.2, 0.25) is 0 Å². The van der Waals surface area contributed by atoms with Crippen LogP contribution >= 0.6 is 0 Å². The number of benzene rings is 3. The topological polar surface area (TPSA) is 46.9 Å². The summed E-state index contributed by atoms with van der Waals surface area (Å²) in [4.78, 5) is 17.2. The van der Waals surface area contributed by atoms with E-state index in [0.717, 1.165) is 39.6 Å². The molecule has 0 saturated heterocycles. The molecule has 5 aromatic rings. The number of nitrogens with one attached hydrogen (secondary N) is 1. The van der Waals surface area contributed by atoms with E-state index in [-0.39, 0.29) is 11.8 Å². The quantitative estimate of drug-likeness (QED) is 0.419. The Morgan fingerprint density at radius 3 is 2.77 bits per heavy atom. The molecule has 1 aliphatic heterocycles. The van der Waals surface area contributed by atoms with E-state index >= 15 is 0 Å². The van der Waals surface area contributed by atoms with E-state index in [1.165, 1.54) is 11.1 Å². The van der Waals surface area contributed by atoms with Crippen LogP contribution in [0.25, 0.3) is 21.8 Å². The average molecular weight is 403 g/mol. The van der Waals surface area contributed by atoms with Gasteiger partial charge in [0.1, 0.15) is 0 Å². The van der Waals surface area contributed by atoms with E-state index in [4.69, 9.17) is 0 Å². The summed E-state index contributed by atoms with van der Waals surface area (Å²) in [5.41, 5.74) is 6.61. The molecule has 0 saturated carbocycles. The van der Waals surface area contributed by atoms with Gasteiger partial charge in [-0.15, -0.1) is 0 Å². The molecule has 3 heterocycles. The summed E-state index contributed by atoms with van der Waals surface area (Å²) in [6.07, 6.45) is 4.47. The zero-order valence-electron chi connectivity index (χ0n) is 17.0. The summed E-state index contributed by atoms with van der Waals surface area (Å²) in [6.45, 7) is 0.795. The first kappa shape index (κ1) is 17.9. The first-order valence-corrected chi connectivity index (χ1v) is 10.6. The zero-order chi connectivity index (χ0) is 20.8. The van der Waals surface area contributed by atoms with Crippen molar-refractivity contribution in [2.24, 2.45) is 0 Å². The molecular weight excluding hydrogens is 382 g/mol. The molecular formula is C27H21N3O. The minimum absolute atomic E-state index is 0.00669. The van der Waals surface area contributed by atoms with E-state index in [0.29, 0.717) is 6.42 Å². The highest BCUT2D eigenvalue weighted by Crippen LogP contribution is 2.41. The molecule has 0 radical (unpaired) electrons. The van der Waals surface area contributed by atoms with Crippen LogP contribution in [0.15, 0.2) is 91.3 Å². The smallest absolute Gasteiger partial charge is 0.225 e. The van der Waals surface area contributed by atoms with E-state index in [2.05, 4.69) is 75.7 Å². The number of carbonyl (C=O) groups is 1. The fraction of sp³-hybridized carbons (Fsp3) is 0.111. The van der Waals surface area contributed by atoms with Crippen LogP contribution in [0.3, 0.4) is 0 Å². The molecule has 1 aliphatic rings. The van der Waals surface area contributed by atoms with Crippen LogP contribution in [0, 0.1) is 0 Å². The van der Waals surface area contributed by atoms with Crippen LogP contribution in [-0.4, -0.2) is 15.5 Å². The first-order valence-electron chi connectivity index (χ1n) is 10.6. The molecule has 31 heavy (non-hydrogen) atoms. The summed E-state index contributed by atoms with van der Waals surface area (Å²) in [7, 11) is 0. The van der Waals surface area contributed by atoms with E-state index in [1.54, 1.807) is 0 Å². The minimum atomic E-state index is -0.00669. The minimum Gasteiger partial charge on any atom is -0.343 e. The normalized spacial score (nSPS) is 15.7. The summed E-state index contributed by atoms with van der Waals surface area (Å²) in [5.74, 6) is 0.0439. The molecule has 1 atom stereocenters. The maximum absolute atomic E-state index is 12.8. The van der Waals surface area contributed by atoms with Crippen molar-refractivity contribution in [2.75, 3.05) is 5.32 Å². The van der Waals surface area contributed by atoms with Crippen LogP contribution in [0.1, 0.15) is 29.0 Å². The fourth-order valence-electron chi connectivity index (χ4n) is 4.77. The van der Waals surface area contributed by atoms with Gasteiger partial charge in [0.2, 0.25) is 5.91 Å². The van der Waals surface area contributed by atoms with Crippen molar-refractivity contribution in [3.05, 3.63) is 108 Å². The van der Waals surface area contributed by atoms with Crippen molar-refractivity contribution in [1.82, 2.24) is 9.55 Å². The van der Waals surface area contributed by atoms with Gasteiger partial charge < -0.3 is 9.88 Å². The predicted molar refractivity (Wildman–Crippen MR) is 124 cm³/mol. The number of hydrogen-bond acceptors (Lipinski definition) is 2. The molecule has 0 aliphatic carbocycles. The summed E-state index contributed by atoms with van der Waals surface area (Å²) >= 11 is 0. The van der Waals surface area contributed by atoms with Crippen LogP contribution in [0.4, 0.5) is 5.69 Å². The van der Waals surface area contributed by atoms with Crippen molar-refractivity contribution in [3.8, 4) is 0 Å². The number of nitrogens with zero attached hydrogens (tertiary/aromatic N) is 2. The van der Waals surface area contributed by atoms with Gasteiger partial charge in [-0.05, 0) is 47.0 Å². The Labute approximate surface area is 180 Å². The summed E-state index contributed by atoms with van der Waals surface area (Å²) in [6, 6.07) is 27.0. The lowest BCUT2D eigenvalue weighted by atomic mass is 9.88. The van der Waals surface area contributed by atoms with Crippen LogP contribution in [0.5, 0.6) is 0 Å². The predicted octanol–water partition coefficient (Wildman–Crippen LogP) is 5.71. The van der Waals surface area contributed by atoms with Gasteiger partial charge in [-0.2, -0.15) is 0 Å². The van der Waals surface area contributed by atoms with Crippen molar-refractivity contribution < 1.29 is 4.79 Å². The average Bonchev–Trinajstić information content (AvgIpc) is 3.09. The number of rotatable bonds is 3. The van der Waals surface area contributed by atoms with E-state index < -0.39 is 0 Å². The number of carbonyl (C=O) groups excluding carboxylic acids is 1. The van der Waals surface area contributed by atoms with Gasteiger partial charge in [-0.3, -0.25) is 9.78 Å². The van der Waals surface area contributed by atoms with Crippen LogP contribution < -0.4 is 5.32 Å². The second-order valence-electron chi connectivity index (χ2n) is 8.16. The Bertz CT molecular complexity index is 1440. The monoisotopic (exact) mass is 403 g/mol. The molecule has 4 heteroatoms. The number of hydrogen-bond donors (Lipinski definition) is 1. The maximum Gasteiger partial charge on any atom is 0.225 e. The SMILES string of the molecule is O=C1C[C@H](c2ccc3ncccc3c2)c2cn(Cc3ccccc3)c3cccc(c23)N1. The first-order chi connectivity index (χ1) is 15.3. The third kappa shape index (κ3) is 3.08. The Morgan fingerprint density at radius 2 is 1.87 bits per heavy atom. The van der Waals surface area contributed by atoms with Gasteiger partial charge >= 0.3 is 0 Å². The molecule has 150 valence electrons. The fourth-order valence-corrected chi connectivity index (χ4v) is 4.77.